The largest absolute Gasteiger partial charge is 0.529 e. The molecule has 0 radical (unpaired) electrons. The van der Waals surface area contributed by atoms with Gasteiger partial charge in [-0.3, -0.25) is 0 Å². The molecular weight excluding hydrogens is 352 g/mol. The van der Waals surface area contributed by atoms with E-state index in [0.29, 0.717) is 33.0 Å². The Labute approximate surface area is 154 Å². The van der Waals surface area contributed by atoms with Crippen LogP contribution in [0.15, 0.2) is 41.7 Å². The smallest absolute Gasteiger partial charge is 0.388 e. The lowest BCUT2D eigenvalue weighted by Crippen LogP contribution is -2.54. The van der Waals surface area contributed by atoms with Gasteiger partial charge < -0.3 is 22.1 Å². The summed E-state index contributed by atoms with van der Waals surface area (Å²) in [5, 5.41) is 1.06. The molecule has 0 saturated heterocycles. The minimum Gasteiger partial charge on any atom is -0.388 e. The van der Waals surface area contributed by atoms with Crippen LogP contribution in [-0.4, -0.2) is 50.4 Å². The van der Waals surface area contributed by atoms with Crippen LogP contribution in [0.1, 0.15) is 34.6 Å². The van der Waals surface area contributed by atoms with Crippen molar-refractivity contribution in [3.63, 3.8) is 0 Å². The van der Waals surface area contributed by atoms with Crippen LogP contribution in [0.3, 0.4) is 0 Å². The quantitative estimate of drug-likeness (QED) is 0.489. The highest BCUT2D eigenvalue weighted by Crippen LogP contribution is 2.17. The van der Waals surface area contributed by atoms with Gasteiger partial charge in [0, 0.05) is 33.0 Å². The molecule has 0 saturated carbocycles. The van der Waals surface area contributed by atoms with E-state index in [4.69, 9.17) is 22.1 Å². The number of hydrogen-bond acceptors (Lipinski definition) is 5. The first-order valence-corrected chi connectivity index (χ1v) is 12.8. The van der Waals surface area contributed by atoms with Gasteiger partial charge in [0.15, 0.2) is 0 Å². The molecule has 25 heavy (non-hydrogen) atoms. The maximum Gasteiger partial charge on any atom is 0.529 e. The fourth-order valence-electron chi connectivity index (χ4n) is 2.58. The third-order valence-electron chi connectivity index (χ3n) is 3.44. The van der Waals surface area contributed by atoms with Crippen molar-refractivity contribution in [3.05, 3.63) is 41.7 Å². The maximum absolute atomic E-state index is 6.17. The molecule has 142 valence electrons. The van der Waals surface area contributed by atoms with E-state index in [1.54, 1.807) is 0 Å². The molecule has 1 rings (SSSR count). The molecule has 0 aliphatic heterocycles. The van der Waals surface area contributed by atoms with Gasteiger partial charge in [0.25, 0.3) is 0 Å². The second-order valence-electron chi connectivity index (χ2n) is 5.14. The summed E-state index contributed by atoms with van der Waals surface area (Å²) in [6.07, 6.45) is 0. The van der Waals surface area contributed by atoms with E-state index in [1.165, 1.54) is 0 Å². The molecule has 5 nitrogen and oxygen atoms in total. The first kappa shape index (κ1) is 22.2. The van der Waals surface area contributed by atoms with Gasteiger partial charge in [-0.25, -0.2) is 0 Å². The van der Waals surface area contributed by atoms with Crippen molar-refractivity contribution in [3.8, 4) is 0 Å². The van der Waals surface area contributed by atoms with Crippen molar-refractivity contribution in [1.82, 2.24) is 0 Å². The average Bonchev–Trinajstić information content (AvgIpc) is 2.62. The Morgan fingerprint density at radius 3 is 1.48 bits per heavy atom. The van der Waals surface area contributed by atoms with Crippen molar-refractivity contribution in [1.29, 1.82) is 0 Å². The third kappa shape index (κ3) is 6.45. The van der Waals surface area contributed by atoms with E-state index in [1.807, 2.05) is 76.3 Å². The summed E-state index contributed by atoms with van der Waals surface area (Å²) in [5.41, 5.74) is 3.95. The van der Waals surface area contributed by atoms with E-state index in [2.05, 4.69) is 0 Å². The zero-order valence-corrected chi connectivity index (χ0v) is 18.1. The van der Waals surface area contributed by atoms with E-state index in [0.717, 1.165) is 5.19 Å². The number of rotatable bonds is 13. The highest BCUT2D eigenvalue weighted by Gasteiger charge is 2.43. The van der Waals surface area contributed by atoms with Gasteiger partial charge in [-0.1, -0.05) is 30.3 Å². The highest BCUT2D eigenvalue weighted by molar-refractivity contribution is 6.86. The van der Waals surface area contributed by atoms with E-state index >= 15 is 0 Å². The van der Waals surface area contributed by atoms with Crippen LogP contribution < -0.4 is 5.19 Å². The van der Waals surface area contributed by atoms with Crippen molar-refractivity contribution in [2.24, 2.45) is 0 Å². The van der Waals surface area contributed by atoms with E-state index in [9.17, 15) is 0 Å². The molecule has 1 aromatic rings. The molecule has 0 unspecified atom stereocenters. The number of benzene rings is 1. The molecule has 0 amide bonds. The second-order valence-corrected chi connectivity index (χ2v) is 10.4. The predicted octanol–water partition coefficient (Wildman–Crippen LogP) is 3.09. The SMILES string of the molecule is CCO[Si](C=C[Si](OCC)(OCC)c1ccccc1)(OCC)OCC. The summed E-state index contributed by atoms with van der Waals surface area (Å²) in [6, 6.07) is 10.1. The van der Waals surface area contributed by atoms with Gasteiger partial charge in [-0.05, 0) is 51.2 Å². The summed E-state index contributed by atoms with van der Waals surface area (Å²) in [6.45, 7) is 12.5. The Kier molecular flexibility index (Phi) is 10.4. The van der Waals surface area contributed by atoms with Gasteiger partial charge in [0.05, 0.1) is 0 Å². The van der Waals surface area contributed by atoms with Crippen LogP contribution in [0.25, 0.3) is 0 Å². The van der Waals surface area contributed by atoms with Gasteiger partial charge in [-0.2, -0.15) is 0 Å². The van der Waals surface area contributed by atoms with Crippen molar-refractivity contribution in [2.45, 2.75) is 34.6 Å². The lowest BCUT2D eigenvalue weighted by atomic mass is 10.4. The van der Waals surface area contributed by atoms with Crippen LogP contribution in [0.4, 0.5) is 0 Å². The first-order valence-electron chi connectivity index (χ1n) is 9.07. The molecule has 0 aliphatic carbocycles. The van der Waals surface area contributed by atoms with Crippen LogP contribution in [0.5, 0.6) is 0 Å². The summed E-state index contributed by atoms with van der Waals surface area (Å²) < 4.78 is 30.1. The molecule has 0 bridgehead atoms. The molecular formula is C18H32O5Si2. The van der Waals surface area contributed by atoms with Crippen LogP contribution in [0, 0.1) is 0 Å². The highest BCUT2D eigenvalue weighted by atomic mass is 28.4. The van der Waals surface area contributed by atoms with Gasteiger partial charge in [0.1, 0.15) is 0 Å². The van der Waals surface area contributed by atoms with Gasteiger partial charge in [-0.15, -0.1) is 0 Å². The molecule has 1 aromatic carbocycles. The molecule has 0 heterocycles. The fraction of sp³-hybridized carbons (Fsp3) is 0.556. The van der Waals surface area contributed by atoms with Crippen molar-refractivity contribution < 1.29 is 22.1 Å². The summed E-state index contributed by atoms with van der Waals surface area (Å²) in [5.74, 6) is 0. The topological polar surface area (TPSA) is 46.2 Å². The Bertz CT molecular complexity index is 472. The Morgan fingerprint density at radius 1 is 0.640 bits per heavy atom. The lowest BCUT2D eigenvalue weighted by molar-refractivity contribution is 0.0841. The van der Waals surface area contributed by atoms with Crippen LogP contribution in [0.2, 0.25) is 0 Å². The first-order chi connectivity index (χ1) is 12.1. The molecule has 0 atom stereocenters. The summed E-state index contributed by atoms with van der Waals surface area (Å²) in [7, 11) is -5.66. The third-order valence-corrected chi connectivity index (χ3v) is 9.60. The molecule has 0 N–H and O–H groups in total. The lowest BCUT2D eigenvalue weighted by Gasteiger charge is -2.30. The molecule has 0 fully saturated rings. The maximum atomic E-state index is 6.17. The average molecular weight is 385 g/mol. The normalized spacial score (nSPS) is 12.8. The molecule has 0 spiro atoms. The minimum absolute atomic E-state index is 0.528. The fourth-order valence-corrected chi connectivity index (χ4v) is 8.34. The predicted molar refractivity (Wildman–Crippen MR) is 105 cm³/mol. The zero-order chi connectivity index (χ0) is 18.6. The van der Waals surface area contributed by atoms with Gasteiger partial charge in [0.2, 0.25) is 0 Å². The van der Waals surface area contributed by atoms with Crippen molar-refractivity contribution in [2.75, 3.05) is 33.0 Å². The minimum atomic E-state index is -2.90. The van der Waals surface area contributed by atoms with Crippen molar-refractivity contribution >= 4 is 22.6 Å². The van der Waals surface area contributed by atoms with Crippen LogP contribution in [-0.2, 0) is 22.1 Å². The molecule has 0 aliphatic rings. The number of hydrogen-bond donors (Lipinski definition) is 0. The molecule has 0 aromatic heterocycles. The second kappa shape index (κ2) is 11.7. The Hall–Kier alpha value is -0.806. The van der Waals surface area contributed by atoms with Crippen LogP contribution >= 0.6 is 0 Å². The standard InChI is InChI=1S/C18H32O5Si2/c1-6-19-24(20-7-2,18-14-12-11-13-15-18)16-17-25(21-8-3,22-9-4)23-10-5/h11-17H,6-10H2,1-5H3. The molecule has 7 heteroatoms. The summed E-state index contributed by atoms with van der Waals surface area (Å²) in [4.78, 5) is 0. The van der Waals surface area contributed by atoms with E-state index in [-0.39, 0.29) is 0 Å². The monoisotopic (exact) mass is 384 g/mol. The van der Waals surface area contributed by atoms with Gasteiger partial charge >= 0.3 is 17.4 Å². The Balaban J connectivity index is 3.30. The summed E-state index contributed by atoms with van der Waals surface area (Å²) >= 11 is 0. The Morgan fingerprint density at radius 2 is 1.08 bits per heavy atom. The van der Waals surface area contributed by atoms with E-state index < -0.39 is 17.4 Å². The zero-order valence-electron chi connectivity index (χ0n) is 16.1.